The summed E-state index contributed by atoms with van der Waals surface area (Å²) in [5.41, 5.74) is 1.75. The van der Waals surface area contributed by atoms with Gasteiger partial charge in [0.1, 0.15) is 19.0 Å². The Hall–Kier alpha value is -2.40. The summed E-state index contributed by atoms with van der Waals surface area (Å²) in [6.07, 6.45) is 22.4. The Labute approximate surface area is 321 Å². The fraction of sp³-hybridized carbons (Fsp3) is 0.643. The lowest BCUT2D eigenvalue weighted by atomic mass is 9.99. The van der Waals surface area contributed by atoms with Gasteiger partial charge in [-0.1, -0.05) is 110 Å². The molecule has 3 heterocycles. The molecule has 0 radical (unpaired) electrons. The van der Waals surface area contributed by atoms with Gasteiger partial charge in [0.25, 0.3) is 10.1 Å². The van der Waals surface area contributed by atoms with E-state index in [0.717, 1.165) is 58.2 Å². The zero-order valence-electron chi connectivity index (χ0n) is 32.1. The van der Waals surface area contributed by atoms with E-state index in [4.69, 9.17) is 14.2 Å². The van der Waals surface area contributed by atoms with Crippen molar-refractivity contribution in [2.45, 2.75) is 167 Å². The van der Waals surface area contributed by atoms with Gasteiger partial charge >= 0.3 is 5.97 Å². The molecule has 1 atom stereocenters. The Morgan fingerprint density at radius 2 is 1.27 bits per heavy atom. The number of ether oxygens (including phenoxy) is 3. The first kappa shape index (κ1) is 42.3. The van der Waals surface area contributed by atoms with Crippen molar-refractivity contribution in [1.82, 2.24) is 0 Å². The minimum Gasteiger partial charge on any atom is -0.485 e. The summed E-state index contributed by atoms with van der Waals surface area (Å²) in [4.78, 5) is 18.2. The first-order valence-electron chi connectivity index (χ1n) is 19.9. The molecule has 7 nitrogen and oxygen atoms in total. The molecule has 1 unspecified atom stereocenters. The molecule has 1 aromatic carbocycles. The van der Waals surface area contributed by atoms with Crippen LogP contribution in [0.4, 0.5) is 0 Å². The predicted octanol–water partition coefficient (Wildman–Crippen LogP) is 12.1. The van der Waals surface area contributed by atoms with Crippen LogP contribution in [0.1, 0.15) is 160 Å². The Morgan fingerprint density at radius 3 is 1.87 bits per heavy atom. The highest BCUT2D eigenvalue weighted by Crippen LogP contribution is 2.46. The molecule has 0 amide bonds. The predicted molar refractivity (Wildman–Crippen MR) is 215 cm³/mol. The van der Waals surface area contributed by atoms with E-state index >= 15 is 0 Å². The molecule has 1 aliphatic heterocycles. The van der Waals surface area contributed by atoms with E-state index in [1.807, 2.05) is 6.92 Å². The van der Waals surface area contributed by atoms with E-state index in [9.17, 15) is 17.8 Å². The second-order valence-corrected chi connectivity index (χ2v) is 18.4. The van der Waals surface area contributed by atoms with Crippen LogP contribution < -0.4 is 14.2 Å². The van der Waals surface area contributed by atoms with Crippen molar-refractivity contribution in [3.63, 3.8) is 0 Å². The summed E-state index contributed by atoms with van der Waals surface area (Å²) in [6, 6.07) is 6.62. The number of hydrogen-bond acceptors (Lipinski definition) is 8. The molecular weight excluding hydrogens is 713 g/mol. The molecule has 52 heavy (non-hydrogen) atoms. The Kier molecular flexibility index (Phi) is 18.0. The van der Waals surface area contributed by atoms with Gasteiger partial charge in [-0.05, 0) is 74.9 Å². The first-order chi connectivity index (χ1) is 25.1. The molecule has 0 bridgehead atoms. The Morgan fingerprint density at radius 1 is 0.731 bits per heavy atom. The highest BCUT2D eigenvalue weighted by atomic mass is 32.2. The molecule has 10 heteroatoms. The maximum absolute atomic E-state index is 14.1. The number of hydrogen-bond donors (Lipinski definition) is 1. The molecule has 2 aromatic heterocycles. The second kappa shape index (κ2) is 22.1. The highest BCUT2D eigenvalue weighted by Gasteiger charge is 2.31. The van der Waals surface area contributed by atoms with Gasteiger partial charge in [-0.3, -0.25) is 9.35 Å². The minimum atomic E-state index is -4.43. The number of carbonyl (C=O) groups excluding carboxylic acids is 1. The van der Waals surface area contributed by atoms with Crippen LogP contribution in [0.25, 0.3) is 0 Å². The molecule has 1 aliphatic rings. The number of benzene rings is 1. The van der Waals surface area contributed by atoms with Crippen LogP contribution in [-0.4, -0.2) is 32.2 Å². The third-order valence-electron chi connectivity index (χ3n) is 10.1. The molecule has 4 rings (SSSR count). The van der Waals surface area contributed by atoms with Gasteiger partial charge in [-0.2, -0.15) is 8.42 Å². The maximum atomic E-state index is 14.1. The van der Waals surface area contributed by atoms with Gasteiger partial charge in [-0.25, -0.2) is 0 Å². The summed E-state index contributed by atoms with van der Waals surface area (Å²) >= 11 is 3.23. The average Bonchev–Trinajstić information content (AvgIpc) is 3.65. The minimum absolute atomic E-state index is 0.123. The van der Waals surface area contributed by atoms with Gasteiger partial charge in [-0.15, -0.1) is 22.7 Å². The van der Waals surface area contributed by atoms with E-state index in [0.29, 0.717) is 31.6 Å². The zero-order valence-corrected chi connectivity index (χ0v) is 34.5. The monoisotopic (exact) mass is 774 g/mol. The summed E-state index contributed by atoms with van der Waals surface area (Å²) in [5, 5.41) is 0. The Bertz CT molecular complexity index is 1640. The molecular formula is C42H62O7S3. The molecule has 0 aliphatic carbocycles. The van der Waals surface area contributed by atoms with Crippen molar-refractivity contribution >= 4 is 38.8 Å². The van der Waals surface area contributed by atoms with E-state index in [1.54, 1.807) is 28.7 Å². The van der Waals surface area contributed by atoms with Crippen LogP contribution in [0.2, 0.25) is 0 Å². The van der Waals surface area contributed by atoms with Gasteiger partial charge in [0.15, 0.2) is 11.5 Å². The Balaban J connectivity index is 1.42. The summed E-state index contributed by atoms with van der Waals surface area (Å²) in [5.74, 6) is 0.783. The van der Waals surface area contributed by atoms with Gasteiger partial charge in [0.05, 0.1) is 15.7 Å². The smallest absolute Gasteiger partial charge is 0.320 e. The van der Waals surface area contributed by atoms with Gasteiger partial charge in [0, 0.05) is 21.1 Å². The number of unbranched alkanes of at least 4 members (excludes halogenated alkanes) is 15. The molecule has 0 fully saturated rings. The summed E-state index contributed by atoms with van der Waals surface area (Å²) < 4.78 is 52.6. The number of rotatable bonds is 25. The number of thiophene rings is 2. The van der Waals surface area contributed by atoms with Crippen molar-refractivity contribution < 1.29 is 32.0 Å². The van der Waals surface area contributed by atoms with Crippen LogP contribution in [0.5, 0.6) is 17.2 Å². The lowest BCUT2D eigenvalue weighted by molar-refractivity contribution is -0.136. The van der Waals surface area contributed by atoms with Crippen molar-refractivity contribution in [2.75, 3.05) is 13.2 Å². The molecule has 0 spiro atoms. The van der Waals surface area contributed by atoms with Crippen molar-refractivity contribution in [1.29, 1.82) is 0 Å². The van der Waals surface area contributed by atoms with Crippen LogP contribution in [0, 0.1) is 13.8 Å². The number of aryl methyl sites for hydroxylation is 4. The topological polar surface area (TPSA) is 99.1 Å². The van der Waals surface area contributed by atoms with Crippen molar-refractivity contribution in [3.05, 3.63) is 54.9 Å². The van der Waals surface area contributed by atoms with Crippen molar-refractivity contribution in [2.24, 2.45) is 0 Å². The van der Waals surface area contributed by atoms with Crippen LogP contribution in [0.15, 0.2) is 29.2 Å². The van der Waals surface area contributed by atoms with Crippen LogP contribution in [-0.2, 0) is 34.2 Å². The van der Waals surface area contributed by atoms with Gasteiger partial charge < -0.3 is 14.2 Å². The molecule has 290 valence electrons. The molecule has 1 N–H and O–H groups in total. The quantitative estimate of drug-likeness (QED) is 0.0396. The largest absolute Gasteiger partial charge is 0.485 e. The fourth-order valence-corrected chi connectivity index (χ4v) is 10.1. The zero-order chi connectivity index (χ0) is 37.3. The van der Waals surface area contributed by atoms with E-state index in [2.05, 4.69) is 26.8 Å². The van der Waals surface area contributed by atoms with E-state index in [1.165, 1.54) is 106 Å². The standard InChI is InChI=1S/C42H62O7S3/c1-5-7-9-11-12-13-14-15-16-17-18-19-21-23-34-28-35(24-25-39(34)52(44,45)46)49-42(43)36(30-38-41-40(32(4)51-38)47-26-27-48-41)37-29-33(31(3)50-37)22-20-10-8-6-2/h24-25,28-29,36H,5-23,26-27,30H2,1-4H3,(H,44,45,46). The third-order valence-corrected chi connectivity index (χ3v) is 13.3. The van der Waals surface area contributed by atoms with E-state index in [-0.39, 0.29) is 10.6 Å². The third kappa shape index (κ3) is 13.2. The number of carbonyl (C=O) groups is 1. The van der Waals surface area contributed by atoms with Crippen LogP contribution in [0.3, 0.4) is 0 Å². The average molecular weight is 775 g/mol. The van der Waals surface area contributed by atoms with Gasteiger partial charge in [0.2, 0.25) is 0 Å². The summed E-state index contributed by atoms with van der Waals surface area (Å²) in [7, 11) is -4.43. The summed E-state index contributed by atoms with van der Waals surface area (Å²) in [6.45, 7) is 9.56. The SMILES string of the molecule is CCCCCCCCCCCCCCCc1cc(OC(=O)C(Cc2sc(C)c3c2OCCO3)c2cc(CCCCCC)c(C)s2)ccc1S(=O)(=O)O. The number of fused-ring (bicyclic) bond motifs is 1. The molecule has 0 saturated carbocycles. The lowest BCUT2D eigenvalue weighted by Gasteiger charge is -2.19. The first-order valence-corrected chi connectivity index (χ1v) is 23.0. The number of esters is 1. The molecule has 0 saturated heterocycles. The van der Waals surface area contributed by atoms with E-state index < -0.39 is 22.0 Å². The van der Waals surface area contributed by atoms with Crippen LogP contribution >= 0.6 is 22.7 Å². The fourth-order valence-electron chi connectivity index (χ4n) is 7.08. The molecule has 3 aromatic rings. The highest BCUT2D eigenvalue weighted by molar-refractivity contribution is 7.85. The second-order valence-electron chi connectivity index (χ2n) is 14.4. The maximum Gasteiger partial charge on any atom is 0.320 e. The lowest BCUT2D eigenvalue weighted by Crippen LogP contribution is -2.21. The normalized spacial score (nSPS) is 13.4. The van der Waals surface area contributed by atoms with Crippen molar-refractivity contribution in [3.8, 4) is 17.2 Å².